The van der Waals surface area contributed by atoms with Crippen LogP contribution in [0.5, 0.6) is 11.5 Å². The van der Waals surface area contributed by atoms with Crippen molar-refractivity contribution in [2.24, 2.45) is 0 Å². The Kier molecular flexibility index (Phi) is 8.50. The molecule has 0 spiro atoms. The fourth-order valence-corrected chi connectivity index (χ4v) is 6.79. The van der Waals surface area contributed by atoms with E-state index in [1.54, 1.807) is 0 Å². The van der Waals surface area contributed by atoms with Crippen molar-refractivity contribution < 1.29 is 14.3 Å². The summed E-state index contributed by atoms with van der Waals surface area (Å²) in [5.74, 6) is 2.70. The second-order valence-electron chi connectivity index (χ2n) is 11.0. The molecule has 9 heteroatoms. The minimum Gasteiger partial charge on any atom is -0.490 e. The van der Waals surface area contributed by atoms with E-state index in [0.717, 1.165) is 45.8 Å². The molecule has 2 heterocycles. The van der Waals surface area contributed by atoms with Crippen LogP contribution < -0.4 is 14.8 Å². The largest absolute Gasteiger partial charge is 0.490 e. The fraction of sp³-hybridized carbons (Fsp3) is 0.324. The molecule has 1 aliphatic heterocycles. The maximum atomic E-state index is 13.4. The Morgan fingerprint density at radius 2 is 1.79 bits per heavy atom. The molecule has 1 aromatic heterocycles. The third kappa shape index (κ3) is 6.04. The zero-order chi connectivity index (χ0) is 30.1. The number of ketones is 1. The highest BCUT2D eigenvalue weighted by atomic mass is 35.5. The van der Waals surface area contributed by atoms with Gasteiger partial charge >= 0.3 is 0 Å². The number of benzene rings is 3. The van der Waals surface area contributed by atoms with E-state index in [-0.39, 0.29) is 5.78 Å². The Labute approximate surface area is 261 Å². The summed E-state index contributed by atoms with van der Waals surface area (Å²) < 4.78 is 14.2. The van der Waals surface area contributed by atoms with Crippen molar-refractivity contribution in [3.8, 4) is 11.5 Å². The Balaban J connectivity index is 1.33. The summed E-state index contributed by atoms with van der Waals surface area (Å²) in [7, 11) is 0. The van der Waals surface area contributed by atoms with Crippen LogP contribution in [0.25, 0.3) is 0 Å². The molecule has 2 aliphatic rings. The van der Waals surface area contributed by atoms with E-state index in [1.807, 2.05) is 54.1 Å². The summed E-state index contributed by atoms with van der Waals surface area (Å²) in [6.07, 6.45) is 2.12. The van der Waals surface area contributed by atoms with Gasteiger partial charge in [-0.3, -0.25) is 4.79 Å². The molecule has 0 amide bonds. The van der Waals surface area contributed by atoms with Gasteiger partial charge in [0.05, 0.1) is 6.61 Å². The quantitative estimate of drug-likeness (QED) is 0.191. The first-order chi connectivity index (χ1) is 20.8. The number of anilines is 1. The highest BCUT2D eigenvalue weighted by Gasteiger charge is 2.37. The molecule has 1 aliphatic carbocycles. The molecular formula is C34H35ClN4O3S. The number of aromatic nitrogens is 3. The number of allylic oxidation sites excluding steroid dienone is 2. The van der Waals surface area contributed by atoms with Crippen molar-refractivity contribution in [2.45, 2.75) is 70.5 Å². The lowest BCUT2D eigenvalue weighted by molar-refractivity contribution is -0.116. The van der Waals surface area contributed by atoms with E-state index >= 15 is 0 Å². The Morgan fingerprint density at radius 1 is 0.977 bits per heavy atom. The van der Waals surface area contributed by atoms with Gasteiger partial charge in [0.25, 0.3) is 0 Å². The van der Waals surface area contributed by atoms with E-state index in [1.165, 1.54) is 28.5 Å². The number of carbonyl (C=O) groups is 1. The van der Waals surface area contributed by atoms with Gasteiger partial charge in [-0.05, 0) is 92.1 Å². The zero-order valence-corrected chi connectivity index (χ0v) is 26.4. The number of Topliss-reactive ketones (excluding diaryl/α,β-unsaturated/α-hetero) is 1. The molecule has 43 heavy (non-hydrogen) atoms. The first-order valence-corrected chi connectivity index (χ1v) is 16.0. The molecule has 0 fully saturated rings. The third-order valence-corrected chi connectivity index (χ3v) is 9.34. The van der Waals surface area contributed by atoms with Crippen LogP contribution in [0.2, 0.25) is 5.02 Å². The number of aryl methyl sites for hydroxylation is 3. The van der Waals surface area contributed by atoms with E-state index < -0.39 is 6.04 Å². The predicted molar refractivity (Wildman–Crippen MR) is 171 cm³/mol. The van der Waals surface area contributed by atoms with Crippen molar-refractivity contribution >= 4 is 35.1 Å². The highest BCUT2D eigenvalue weighted by molar-refractivity contribution is 7.98. The standard InChI is InChI=1S/C34H35ClN4O3S/c1-5-41-30-17-23(13-14-29(30)42-18-25-16-21(3)20(2)15-22(25)4)32-31-27(11-8-12-28(31)40)36-33-37-34(38-39(32)33)43-19-24-9-6-7-10-26(24)35/h6-7,9-10,13-17,32H,5,8,11-12,18-19H2,1-4H3,(H,36,37,38). The molecule has 3 aromatic carbocycles. The lowest BCUT2D eigenvalue weighted by atomic mass is 9.85. The first-order valence-electron chi connectivity index (χ1n) is 14.6. The number of rotatable bonds is 9. The number of halogens is 1. The van der Waals surface area contributed by atoms with Crippen LogP contribution in [-0.4, -0.2) is 27.2 Å². The summed E-state index contributed by atoms with van der Waals surface area (Å²) in [6, 6.07) is 17.7. The van der Waals surface area contributed by atoms with Gasteiger partial charge in [-0.15, -0.1) is 5.10 Å². The number of nitrogens with one attached hydrogen (secondary N) is 1. The lowest BCUT2D eigenvalue weighted by Crippen LogP contribution is -2.31. The molecule has 4 aromatic rings. The summed E-state index contributed by atoms with van der Waals surface area (Å²) in [5.41, 5.74) is 8.44. The molecule has 6 rings (SSSR count). The van der Waals surface area contributed by atoms with Crippen LogP contribution in [0.15, 0.2) is 71.0 Å². The maximum absolute atomic E-state index is 13.4. The normalized spacial score (nSPS) is 16.0. The average Bonchev–Trinajstić information content (AvgIpc) is 3.40. The van der Waals surface area contributed by atoms with Crippen molar-refractivity contribution in [2.75, 3.05) is 11.9 Å². The number of carbonyl (C=O) groups excluding carboxylic acids is 1. The Morgan fingerprint density at radius 3 is 2.60 bits per heavy atom. The minimum atomic E-state index is -0.420. The van der Waals surface area contributed by atoms with Gasteiger partial charge in [0.15, 0.2) is 17.3 Å². The molecule has 0 radical (unpaired) electrons. The fourth-order valence-electron chi connectivity index (χ4n) is 5.68. The number of ether oxygens (including phenoxy) is 2. The molecule has 0 bridgehead atoms. The maximum Gasteiger partial charge on any atom is 0.227 e. The second kappa shape index (κ2) is 12.5. The zero-order valence-electron chi connectivity index (χ0n) is 24.9. The number of thioether (sulfide) groups is 1. The Bertz CT molecular complexity index is 1730. The predicted octanol–water partition coefficient (Wildman–Crippen LogP) is 8.15. The summed E-state index contributed by atoms with van der Waals surface area (Å²) in [6.45, 7) is 9.23. The SMILES string of the molecule is CCOc1cc(C2C3=C(CCCC3=O)Nc3nc(SCc4ccccc4Cl)nn32)ccc1OCc1cc(C)c(C)cc1C. The van der Waals surface area contributed by atoms with Crippen molar-refractivity contribution in [3.63, 3.8) is 0 Å². The van der Waals surface area contributed by atoms with E-state index in [2.05, 4.69) is 38.2 Å². The van der Waals surface area contributed by atoms with Gasteiger partial charge in [0.2, 0.25) is 11.1 Å². The van der Waals surface area contributed by atoms with Crippen molar-refractivity contribution in [3.05, 3.63) is 104 Å². The molecule has 222 valence electrons. The van der Waals surface area contributed by atoms with Crippen LogP contribution in [-0.2, 0) is 17.2 Å². The number of fused-ring (bicyclic) bond motifs is 1. The monoisotopic (exact) mass is 614 g/mol. The molecule has 7 nitrogen and oxygen atoms in total. The van der Waals surface area contributed by atoms with Gasteiger partial charge in [0, 0.05) is 28.5 Å². The topological polar surface area (TPSA) is 78.3 Å². The molecule has 1 atom stereocenters. The first kappa shape index (κ1) is 29.3. The number of nitrogens with zero attached hydrogens (tertiary/aromatic N) is 3. The summed E-state index contributed by atoms with van der Waals surface area (Å²) in [5, 5.41) is 9.64. The Hall–Kier alpha value is -3.75. The van der Waals surface area contributed by atoms with Crippen LogP contribution >= 0.6 is 23.4 Å². The van der Waals surface area contributed by atoms with E-state index in [0.29, 0.717) is 48.0 Å². The molecule has 1 unspecified atom stereocenters. The molecule has 0 saturated carbocycles. The average molecular weight is 615 g/mol. The molecule has 1 N–H and O–H groups in total. The molecule has 0 saturated heterocycles. The van der Waals surface area contributed by atoms with Crippen LogP contribution in [0.3, 0.4) is 0 Å². The van der Waals surface area contributed by atoms with Gasteiger partial charge in [-0.2, -0.15) is 4.98 Å². The van der Waals surface area contributed by atoms with Gasteiger partial charge in [-0.25, -0.2) is 4.68 Å². The highest BCUT2D eigenvalue weighted by Crippen LogP contribution is 2.43. The number of hydrogen-bond donors (Lipinski definition) is 1. The van der Waals surface area contributed by atoms with Crippen molar-refractivity contribution in [1.29, 1.82) is 0 Å². The minimum absolute atomic E-state index is 0.133. The lowest BCUT2D eigenvalue weighted by Gasteiger charge is -2.32. The van der Waals surface area contributed by atoms with Gasteiger partial charge in [-0.1, -0.05) is 59.8 Å². The van der Waals surface area contributed by atoms with E-state index in [9.17, 15) is 4.79 Å². The van der Waals surface area contributed by atoms with Crippen molar-refractivity contribution in [1.82, 2.24) is 14.8 Å². The van der Waals surface area contributed by atoms with Gasteiger partial charge in [0.1, 0.15) is 12.6 Å². The summed E-state index contributed by atoms with van der Waals surface area (Å²) in [4.78, 5) is 18.2. The van der Waals surface area contributed by atoms with E-state index in [4.69, 9.17) is 31.2 Å². The van der Waals surface area contributed by atoms with Gasteiger partial charge < -0.3 is 14.8 Å². The molecular weight excluding hydrogens is 580 g/mol. The second-order valence-corrected chi connectivity index (χ2v) is 12.4. The van der Waals surface area contributed by atoms with Crippen LogP contribution in [0, 0.1) is 20.8 Å². The van der Waals surface area contributed by atoms with Crippen LogP contribution in [0.1, 0.15) is 65.6 Å². The number of hydrogen-bond acceptors (Lipinski definition) is 7. The summed E-state index contributed by atoms with van der Waals surface area (Å²) >= 11 is 7.90. The smallest absolute Gasteiger partial charge is 0.227 e. The van der Waals surface area contributed by atoms with Crippen LogP contribution in [0.4, 0.5) is 5.95 Å². The third-order valence-electron chi connectivity index (χ3n) is 8.08.